The third-order valence-corrected chi connectivity index (χ3v) is 2.13. The van der Waals surface area contributed by atoms with Crippen LogP contribution in [-0.2, 0) is 23.3 Å². The molecule has 4 heteroatoms. The average molecular weight is 459 g/mol. The summed E-state index contributed by atoms with van der Waals surface area (Å²) < 4.78 is 0. The smallest absolute Gasteiger partial charge is 0.0809 e. The van der Waals surface area contributed by atoms with Crippen LogP contribution in [0.15, 0.2) is 60.7 Å². The van der Waals surface area contributed by atoms with Crippen LogP contribution < -0.4 is 0 Å². The predicted molar refractivity (Wildman–Crippen MR) is 113 cm³/mol. The fraction of sp³-hybridized carbons (Fsp3) is 0.250. The summed E-state index contributed by atoms with van der Waals surface area (Å²) in [4.78, 5) is 0. The first kappa shape index (κ1) is 31.7. The van der Waals surface area contributed by atoms with Crippen LogP contribution in [0.1, 0.15) is 34.1 Å². The van der Waals surface area contributed by atoms with Crippen LogP contribution in [0.4, 0.5) is 0 Å². The van der Waals surface area contributed by atoms with E-state index in [-0.39, 0.29) is 24.8 Å². The van der Waals surface area contributed by atoms with Crippen molar-refractivity contribution in [3.05, 3.63) is 79.6 Å². The topological polar surface area (TPSA) is 0 Å². The molecule has 2 aromatic carbocycles. The van der Waals surface area contributed by atoms with Gasteiger partial charge in [0.05, 0.1) is 0 Å². The fourth-order valence-corrected chi connectivity index (χ4v) is 1.41. The van der Waals surface area contributed by atoms with Gasteiger partial charge in [0.2, 0.25) is 0 Å². The maximum absolute atomic E-state index is 3.06. The Balaban J connectivity index is -0.000000117. The average Bonchev–Trinajstić information content (AvgIpc) is 3.25. The molecule has 0 unspecified atom stereocenters. The van der Waals surface area contributed by atoms with Crippen LogP contribution in [0, 0.1) is 18.9 Å². The molecule has 0 saturated carbocycles. The summed E-state index contributed by atoms with van der Waals surface area (Å²) in [6, 6.07) is 14.7. The van der Waals surface area contributed by atoms with Gasteiger partial charge in [0.1, 0.15) is 0 Å². The van der Waals surface area contributed by atoms with E-state index in [1.807, 2.05) is 52.7 Å². The normalized spacial score (nSPS) is 9.12. The molecule has 0 fully saturated rings. The first-order valence-corrected chi connectivity index (χ1v) is 11.5. The number of rotatable bonds is 0. The van der Waals surface area contributed by atoms with Crippen molar-refractivity contribution in [3.8, 4) is 0 Å². The number of hydrogen-bond donors (Lipinski definition) is 0. The van der Waals surface area contributed by atoms with E-state index in [0.29, 0.717) is 0 Å². The summed E-state index contributed by atoms with van der Waals surface area (Å²) in [5, 5.41) is 2.66. The van der Waals surface area contributed by atoms with Gasteiger partial charge in [-0.15, -0.1) is 60.9 Å². The van der Waals surface area contributed by atoms with Crippen molar-refractivity contribution in [2.45, 2.75) is 34.1 Å². The molecule has 0 amide bonds. The summed E-state index contributed by atoms with van der Waals surface area (Å²) in [6.45, 7) is 11.1. The zero-order chi connectivity index (χ0) is 17.1. The second-order valence-corrected chi connectivity index (χ2v) is 4.31. The number of halogens is 2. The van der Waals surface area contributed by atoms with E-state index in [2.05, 4.69) is 61.5 Å². The van der Waals surface area contributed by atoms with Gasteiger partial charge >= 0.3 is 30.2 Å². The minimum atomic E-state index is 0. The Morgan fingerprint density at radius 2 is 1.54 bits per heavy atom. The molecule has 24 heavy (non-hydrogen) atoms. The Morgan fingerprint density at radius 1 is 1.00 bits per heavy atom. The van der Waals surface area contributed by atoms with E-state index in [1.54, 1.807) is 0 Å². The maximum atomic E-state index is 3.06. The minimum absolute atomic E-state index is 0. The number of fused-ring (bicyclic) bond motifs is 1. The van der Waals surface area contributed by atoms with Gasteiger partial charge in [0.15, 0.2) is 0 Å². The molecule has 0 heterocycles. The van der Waals surface area contributed by atoms with Crippen LogP contribution in [0.2, 0.25) is 0 Å². The number of hydrogen-bond acceptors (Lipinski definition) is 0. The molecule has 0 spiro atoms. The summed E-state index contributed by atoms with van der Waals surface area (Å²) in [6.07, 6.45) is 14.0. The van der Waals surface area contributed by atoms with Crippen molar-refractivity contribution in [1.82, 2.24) is 0 Å². The van der Waals surface area contributed by atoms with Crippen LogP contribution in [-0.4, -0.2) is 6.88 Å². The van der Waals surface area contributed by atoms with Crippen LogP contribution in [0.3, 0.4) is 0 Å². The SMILES string of the molecule is C[CH-]C.C[CH-]C.Cl.Cl.[C-]1=CC=CC1.[Si]=[Zr].c1ccc2[cH-]ccc2c1. The Kier molecular flexibility index (Phi) is 36.8. The molecule has 1 aliphatic carbocycles. The van der Waals surface area contributed by atoms with Crippen LogP contribution in [0.25, 0.3) is 10.8 Å². The Bertz CT molecular complexity index is 465. The first-order valence-electron chi connectivity index (χ1n) is 7.35. The summed E-state index contributed by atoms with van der Waals surface area (Å²) in [5.41, 5.74) is 0. The summed E-state index contributed by atoms with van der Waals surface area (Å²) >= 11 is 1.36. The third kappa shape index (κ3) is 20.0. The van der Waals surface area contributed by atoms with E-state index in [4.69, 9.17) is 0 Å². The quantitative estimate of drug-likeness (QED) is 0.301. The van der Waals surface area contributed by atoms with Crippen molar-refractivity contribution in [2.24, 2.45) is 0 Å². The zero-order valence-electron chi connectivity index (χ0n) is 15.0. The van der Waals surface area contributed by atoms with Crippen molar-refractivity contribution in [1.29, 1.82) is 0 Å². The molecular formula is C20H28Cl2SiZr-4. The number of allylic oxidation sites excluding steroid dienone is 4. The predicted octanol–water partition coefficient (Wildman–Crippen LogP) is 6.79. The van der Waals surface area contributed by atoms with E-state index >= 15 is 0 Å². The van der Waals surface area contributed by atoms with Gasteiger partial charge in [-0.2, -0.15) is 51.3 Å². The summed E-state index contributed by atoms with van der Waals surface area (Å²) in [5.74, 6) is 0. The van der Waals surface area contributed by atoms with Crippen molar-refractivity contribution in [2.75, 3.05) is 0 Å². The van der Waals surface area contributed by atoms with Gasteiger partial charge in [-0.3, -0.25) is 6.08 Å². The van der Waals surface area contributed by atoms with Crippen LogP contribution >= 0.6 is 24.8 Å². The van der Waals surface area contributed by atoms with E-state index in [9.17, 15) is 0 Å². The molecule has 0 atom stereocenters. The van der Waals surface area contributed by atoms with Gasteiger partial charge in [-0.25, -0.2) is 12.2 Å². The summed E-state index contributed by atoms with van der Waals surface area (Å²) in [7, 11) is 0. The Morgan fingerprint density at radius 3 is 1.92 bits per heavy atom. The molecule has 0 nitrogen and oxygen atoms in total. The van der Waals surface area contributed by atoms with E-state index in [1.165, 1.54) is 34.1 Å². The standard InChI is InChI=1S/C9H7.C5H5.2C3H7.2ClH.Si.Zr/c1-2-5-9-7-3-6-8(9)4-1;1-2-4-5-3-1;2*1-3-2;;;;/h1-7H;1-3H,4H2;2*3H,1-2H3;2*1H;;/q4*-1;;;;. The second kappa shape index (κ2) is 27.8. The van der Waals surface area contributed by atoms with Gasteiger partial charge in [-0.05, 0) is 0 Å². The van der Waals surface area contributed by atoms with E-state index in [0.717, 1.165) is 6.42 Å². The molecule has 0 N–H and O–H groups in total. The van der Waals surface area contributed by atoms with Gasteiger partial charge in [-0.1, -0.05) is 6.07 Å². The van der Waals surface area contributed by atoms with Gasteiger partial charge < -0.3 is 12.8 Å². The van der Waals surface area contributed by atoms with Gasteiger partial charge in [0, 0.05) is 0 Å². The molecule has 0 bridgehead atoms. The first-order chi connectivity index (χ1) is 10.8. The van der Waals surface area contributed by atoms with E-state index < -0.39 is 0 Å². The molecule has 1 aliphatic rings. The fourth-order valence-electron chi connectivity index (χ4n) is 1.41. The van der Waals surface area contributed by atoms with Gasteiger partial charge in [0.25, 0.3) is 0 Å². The molecule has 0 aromatic heterocycles. The number of benzene rings is 1. The monoisotopic (exact) mass is 456 g/mol. The molecule has 2 radical (unpaired) electrons. The molecule has 2 aromatic rings. The zero-order valence-corrected chi connectivity index (χ0v) is 20.0. The largest absolute Gasteiger partial charge is 0.168 e. The van der Waals surface area contributed by atoms with Crippen molar-refractivity contribution < 1.29 is 23.3 Å². The van der Waals surface area contributed by atoms with Crippen LogP contribution in [0.5, 0.6) is 0 Å². The molecule has 134 valence electrons. The molecular weight excluding hydrogens is 430 g/mol. The molecule has 0 aliphatic heterocycles. The minimum Gasteiger partial charge on any atom is -0.168 e. The van der Waals surface area contributed by atoms with Crippen molar-refractivity contribution >= 4 is 42.5 Å². The Labute approximate surface area is 178 Å². The maximum Gasteiger partial charge on any atom is -0.0809 e. The molecule has 0 saturated heterocycles. The second-order valence-electron chi connectivity index (χ2n) is 4.31. The van der Waals surface area contributed by atoms with Crippen molar-refractivity contribution in [3.63, 3.8) is 0 Å². The molecule has 3 rings (SSSR count). The Hall–Kier alpha value is -0.0100. The third-order valence-electron chi connectivity index (χ3n) is 2.13.